The molecule has 2 aromatic carbocycles. The lowest BCUT2D eigenvalue weighted by Gasteiger charge is -2.46. The van der Waals surface area contributed by atoms with Gasteiger partial charge in [-0.2, -0.15) is 0 Å². The number of aromatic nitrogens is 3. The monoisotopic (exact) mass is 739 g/mol. The van der Waals surface area contributed by atoms with E-state index in [0.29, 0.717) is 27.5 Å². The highest BCUT2D eigenvalue weighted by atomic mass is 32.2. The second kappa shape index (κ2) is 17.7. The maximum atomic E-state index is 13.3. The first-order valence-electron chi connectivity index (χ1n) is 17.7. The third kappa shape index (κ3) is 9.69. The van der Waals surface area contributed by atoms with Crippen molar-refractivity contribution < 1.29 is 44.3 Å². The van der Waals surface area contributed by atoms with E-state index in [9.17, 15) is 34.8 Å². The van der Waals surface area contributed by atoms with Crippen LogP contribution in [0, 0.1) is 19.8 Å². The number of benzene rings is 2. The molecule has 6 atom stereocenters. The van der Waals surface area contributed by atoms with Gasteiger partial charge in [-0.05, 0) is 62.1 Å². The summed E-state index contributed by atoms with van der Waals surface area (Å²) in [6, 6.07) is 12.0. The number of carbonyl (C=O) groups is 3. The van der Waals surface area contributed by atoms with E-state index in [1.807, 2.05) is 6.07 Å². The highest BCUT2D eigenvalue weighted by Crippen LogP contribution is 2.46. The van der Waals surface area contributed by atoms with Crippen molar-refractivity contribution in [2.24, 2.45) is 5.92 Å². The first-order chi connectivity index (χ1) is 24.9. The second-order valence-electron chi connectivity index (χ2n) is 13.8. The first kappa shape index (κ1) is 39.2. The summed E-state index contributed by atoms with van der Waals surface area (Å²) >= 11 is 1.03. The van der Waals surface area contributed by atoms with Gasteiger partial charge in [0.1, 0.15) is 12.3 Å². The van der Waals surface area contributed by atoms with Gasteiger partial charge in [-0.1, -0.05) is 54.4 Å². The van der Waals surface area contributed by atoms with Crippen molar-refractivity contribution >= 4 is 29.5 Å². The molecule has 2 aliphatic rings. The number of phenols is 1. The van der Waals surface area contributed by atoms with E-state index in [1.165, 1.54) is 30.3 Å². The minimum Gasteiger partial charge on any atom is -0.507 e. The van der Waals surface area contributed by atoms with Crippen molar-refractivity contribution in [3.8, 4) is 5.75 Å². The Bertz CT molecular complexity index is 1660. The SMILES string of the molecule is COC(=O)[C@@]1(Sc2ccccc2)CC(O)[C@@H](CNC(=O)Cn2cc(C3CCCCC3)nn2)C([C@H](O)C[C@H](O)CNC(=O)c2cc(C)c(O)c(C)c2)O1. The summed E-state index contributed by atoms with van der Waals surface area (Å²) in [6.45, 7) is 2.90. The topological polar surface area (TPSA) is 205 Å². The third-order valence-electron chi connectivity index (χ3n) is 9.81. The molecule has 6 N–H and O–H groups in total. The maximum Gasteiger partial charge on any atom is 0.349 e. The van der Waals surface area contributed by atoms with Crippen LogP contribution in [0.5, 0.6) is 5.75 Å². The van der Waals surface area contributed by atoms with Crippen LogP contribution in [-0.2, 0) is 25.6 Å². The summed E-state index contributed by atoms with van der Waals surface area (Å²) in [6.07, 6.45) is 1.66. The zero-order valence-corrected chi connectivity index (χ0v) is 30.6. The standard InChI is InChI=1S/C37H49N5O9S/c1-22-14-25(15-23(2)33(22)47)35(48)39-18-26(43)16-30(44)34-28(19-38-32(46)21-42-20-29(40-41-42)24-10-6-4-7-11-24)31(45)17-37(51-34,36(49)50-3)52-27-12-8-5-9-13-27/h5,8-9,12-15,20,24,26,28,30-31,34,43-45,47H,4,6-7,10-11,16-19,21H2,1-3H3,(H,38,46)(H,39,48)/t26-,28+,30+,31?,34?,37-/m0/s1. The minimum atomic E-state index is -1.76. The van der Waals surface area contributed by atoms with Gasteiger partial charge in [0.15, 0.2) is 0 Å². The summed E-state index contributed by atoms with van der Waals surface area (Å²) in [5, 5.41) is 58.0. The number of thioether (sulfide) groups is 1. The maximum absolute atomic E-state index is 13.3. The van der Waals surface area contributed by atoms with Crippen LogP contribution in [0.2, 0.25) is 0 Å². The Morgan fingerprint density at radius 2 is 1.77 bits per heavy atom. The van der Waals surface area contributed by atoms with Crippen LogP contribution in [0.15, 0.2) is 53.6 Å². The number of nitrogens with one attached hydrogen (secondary N) is 2. The smallest absolute Gasteiger partial charge is 0.349 e. The van der Waals surface area contributed by atoms with Gasteiger partial charge in [0, 0.05) is 54.4 Å². The van der Waals surface area contributed by atoms with Gasteiger partial charge in [-0.15, -0.1) is 5.10 Å². The van der Waals surface area contributed by atoms with E-state index in [-0.39, 0.29) is 38.2 Å². The van der Waals surface area contributed by atoms with E-state index >= 15 is 0 Å². The molecule has 2 heterocycles. The van der Waals surface area contributed by atoms with E-state index in [1.54, 1.807) is 44.3 Å². The molecule has 5 rings (SSSR count). The molecule has 1 aliphatic heterocycles. The molecule has 1 aliphatic carbocycles. The van der Waals surface area contributed by atoms with Crippen molar-refractivity contribution in [2.45, 2.75) is 106 Å². The Kier molecular flexibility index (Phi) is 13.3. The zero-order chi connectivity index (χ0) is 37.4. The Morgan fingerprint density at radius 3 is 2.44 bits per heavy atom. The molecule has 0 spiro atoms. The molecule has 0 radical (unpaired) electrons. The normalized spacial score (nSPS) is 23.4. The number of rotatable bonds is 14. The van der Waals surface area contributed by atoms with Crippen molar-refractivity contribution in [3.63, 3.8) is 0 Å². The quantitative estimate of drug-likeness (QED) is 0.132. The number of hydrogen-bond acceptors (Lipinski definition) is 12. The molecule has 52 heavy (non-hydrogen) atoms. The predicted molar refractivity (Wildman–Crippen MR) is 191 cm³/mol. The summed E-state index contributed by atoms with van der Waals surface area (Å²) in [7, 11) is 1.20. The average molecular weight is 740 g/mol. The van der Waals surface area contributed by atoms with Crippen molar-refractivity contribution in [3.05, 3.63) is 71.0 Å². The Labute approximate surface area is 307 Å². The second-order valence-corrected chi connectivity index (χ2v) is 15.1. The van der Waals surface area contributed by atoms with Crippen LogP contribution in [0.1, 0.15) is 78.0 Å². The van der Waals surface area contributed by atoms with Gasteiger partial charge in [-0.25, -0.2) is 9.48 Å². The number of carbonyl (C=O) groups excluding carboxylic acids is 3. The van der Waals surface area contributed by atoms with Crippen LogP contribution >= 0.6 is 11.8 Å². The number of amides is 2. The predicted octanol–water partition coefficient (Wildman–Crippen LogP) is 2.73. The number of nitrogens with zero attached hydrogens (tertiary/aromatic N) is 3. The number of methoxy groups -OCH3 is 1. The van der Waals surface area contributed by atoms with Gasteiger partial charge < -0.3 is 40.5 Å². The van der Waals surface area contributed by atoms with Gasteiger partial charge >= 0.3 is 5.97 Å². The van der Waals surface area contributed by atoms with Gasteiger partial charge in [0.25, 0.3) is 5.91 Å². The molecule has 14 nitrogen and oxygen atoms in total. The van der Waals surface area contributed by atoms with Gasteiger partial charge in [-0.3, -0.25) is 9.59 Å². The molecule has 3 aromatic rings. The van der Waals surface area contributed by atoms with Gasteiger partial charge in [0.05, 0.1) is 37.2 Å². The number of phenolic OH excluding ortho intramolecular Hbond substituents is 1. The van der Waals surface area contributed by atoms with Crippen LogP contribution in [0.3, 0.4) is 0 Å². The fourth-order valence-corrected chi connectivity index (χ4v) is 8.25. The molecule has 1 saturated heterocycles. The Balaban J connectivity index is 1.29. The van der Waals surface area contributed by atoms with Crippen molar-refractivity contribution in [1.29, 1.82) is 0 Å². The number of aryl methyl sites for hydroxylation is 2. The summed E-state index contributed by atoms with van der Waals surface area (Å²) in [4.78, 5) is 38.2. The summed E-state index contributed by atoms with van der Waals surface area (Å²) in [5.41, 5.74) is 2.22. The lowest BCUT2D eigenvalue weighted by atomic mass is 9.84. The zero-order valence-electron chi connectivity index (χ0n) is 29.7. The highest BCUT2D eigenvalue weighted by molar-refractivity contribution is 8.01. The summed E-state index contributed by atoms with van der Waals surface area (Å²) in [5.74, 6) is -2.12. The molecule has 0 bridgehead atoms. The van der Waals surface area contributed by atoms with Crippen LogP contribution < -0.4 is 10.6 Å². The van der Waals surface area contributed by atoms with E-state index in [4.69, 9.17) is 9.47 Å². The fourth-order valence-electron chi connectivity index (χ4n) is 7.00. The minimum absolute atomic E-state index is 0.0933. The Hall–Kier alpha value is -4.02. The molecular formula is C37H49N5O9S. The highest BCUT2D eigenvalue weighted by Gasteiger charge is 2.54. The van der Waals surface area contributed by atoms with E-state index in [0.717, 1.165) is 43.1 Å². The summed E-state index contributed by atoms with van der Waals surface area (Å²) < 4.78 is 13.0. The van der Waals surface area contributed by atoms with Crippen molar-refractivity contribution in [2.75, 3.05) is 20.2 Å². The lowest BCUT2D eigenvalue weighted by Crippen LogP contribution is -2.60. The number of aliphatic hydroxyl groups is 3. The lowest BCUT2D eigenvalue weighted by molar-refractivity contribution is -0.206. The number of ether oxygens (including phenoxy) is 2. The first-order valence-corrected chi connectivity index (χ1v) is 18.5. The number of aliphatic hydroxyl groups excluding tert-OH is 3. The van der Waals surface area contributed by atoms with Gasteiger partial charge in [0.2, 0.25) is 10.8 Å². The van der Waals surface area contributed by atoms with Crippen LogP contribution in [-0.4, -0.2) is 103 Å². The molecule has 2 unspecified atom stereocenters. The number of hydrogen-bond donors (Lipinski definition) is 6. The molecule has 2 fully saturated rings. The molecular weight excluding hydrogens is 691 g/mol. The fraction of sp³-hybridized carbons (Fsp3) is 0.541. The Morgan fingerprint density at radius 1 is 1.08 bits per heavy atom. The molecule has 15 heteroatoms. The largest absolute Gasteiger partial charge is 0.507 e. The molecule has 1 aromatic heterocycles. The number of aromatic hydroxyl groups is 1. The van der Waals surface area contributed by atoms with Crippen LogP contribution in [0.25, 0.3) is 0 Å². The van der Waals surface area contributed by atoms with Crippen molar-refractivity contribution in [1.82, 2.24) is 25.6 Å². The average Bonchev–Trinajstić information content (AvgIpc) is 3.60. The number of esters is 1. The van der Waals surface area contributed by atoms with E-state index in [2.05, 4.69) is 20.9 Å². The molecule has 2 amide bonds. The van der Waals surface area contributed by atoms with E-state index < -0.39 is 53.1 Å². The third-order valence-corrected chi connectivity index (χ3v) is 11.1. The molecule has 1 saturated carbocycles. The van der Waals surface area contributed by atoms with Crippen LogP contribution in [0.4, 0.5) is 0 Å². The molecule has 282 valence electrons.